The Morgan fingerprint density at radius 3 is 2.77 bits per heavy atom. The molecule has 0 fully saturated rings. The van der Waals surface area contributed by atoms with Crippen LogP contribution in [0, 0.1) is 12.7 Å². The van der Waals surface area contributed by atoms with Crippen LogP contribution in [0.5, 0.6) is 0 Å². The van der Waals surface area contributed by atoms with Gasteiger partial charge in [-0.3, -0.25) is 4.31 Å². The molecule has 26 heavy (non-hydrogen) atoms. The molecule has 0 radical (unpaired) electrons. The van der Waals surface area contributed by atoms with Gasteiger partial charge in [-0.1, -0.05) is 24.3 Å². The molecule has 1 aliphatic rings. The van der Waals surface area contributed by atoms with E-state index in [1.54, 1.807) is 25.5 Å². The molecule has 1 atom stereocenters. The number of aryl methyl sites for hydroxylation is 1. The molecule has 7 heteroatoms. The van der Waals surface area contributed by atoms with Crippen molar-refractivity contribution in [1.29, 1.82) is 0 Å². The number of nitrogens with zero attached hydrogens (tertiary/aromatic N) is 3. The lowest BCUT2D eigenvalue weighted by Gasteiger charge is -2.36. The van der Waals surface area contributed by atoms with E-state index in [1.807, 2.05) is 29.0 Å². The summed E-state index contributed by atoms with van der Waals surface area (Å²) < 4.78 is 43.8. The van der Waals surface area contributed by atoms with Crippen LogP contribution in [-0.2, 0) is 16.4 Å². The first kappa shape index (κ1) is 16.8. The monoisotopic (exact) mass is 371 g/mol. The predicted molar refractivity (Wildman–Crippen MR) is 97.1 cm³/mol. The molecule has 2 aromatic carbocycles. The SMILES string of the molecule is Cc1ccc(F)cc1S(=O)(=O)N1C[C@@H](n2ccnc2)Cc2ccccc21. The Balaban J connectivity index is 1.84. The second kappa shape index (κ2) is 6.25. The van der Waals surface area contributed by atoms with E-state index in [-0.39, 0.29) is 17.5 Å². The molecule has 4 rings (SSSR count). The zero-order valence-corrected chi connectivity index (χ0v) is 15.0. The maximum atomic E-state index is 13.7. The molecule has 134 valence electrons. The van der Waals surface area contributed by atoms with Gasteiger partial charge in [0.1, 0.15) is 5.82 Å². The first-order valence-electron chi connectivity index (χ1n) is 8.31. The van der Waals surface area contributed by atoms with Crippen LogP contribution >= 0.6 is 0 Å². The highest BCUT2D eigenvalue weighted by Crippen LogP contribution is 2.36. The van der Waals surface area contributed by atoms with E-state index in [2.05, 4.69) is 4.98 Å². The van der Waals surface area contributed by atoms with Gasteiger partial charge in [0.25, 0.3) is 10.0 Å². The fraction of sp³-hybridized carbons (Fsp3) is 0.211. The average Bonchev–Trinajstić information content (AvgIpc) is 3.17. The van der Waals surface area contributed by atoms with Crippen LogP contribution in [0.15, 0.2) is 66.1 Å². The van der Waals surface area contributed by atoms with Crippen LogP contribution in [-0.4, -0.2) is 24.5 Å². The molecule has 2 heterocycles. The van der Waals surface area contributed by atoms with Crippen LogP contribution in [0.3, 0.4) is 0 Å². The summed E-state index contributed by atoms with van der Waals surface area (Å²) in [4.78, 5) is 4.07. The number of fused-ring (bicyclic) bond motifs is 1. The molecule has 1 aliphatic heterocycles. The minimum absolute atomic E-state index is 0.00131. The van der Waals surface area contributed by atoms with Crippen molar-refractivity contribution >= 4 is 15.7 Å². The zero-order chi connectivity index (χ0) is 18.3. The number of anilines is 1. The van der Waals surface area contributed by atoms with Crippen molar-refractivity contribution in [2.24, 2.45) is 0 Å². The number of benzene rings is 2. The Morgan fingerprint density at radius 1 is 1.19 bits per heavy atom. The van der Waals surface area contributed by atoms with E-state index in [0.29, 0.717) is 17.7 Å². The van der Waals surface area contributed by atoms with Crippen molar-refractivity contribution in [3.8, 4) is 0 Å². The predicted octanol–water partition coefficient (Wildman–Crippen LogP) is 3.32. The normalized spacial score (nSPS) is 17.2. The Kier molecular flexibility index (Phi) is 4.03. The van der Waals surface area contributed by atoms with Gasteiger partial charge in [0.2, 0.25) is 0 Å². The smallest absolute Gasteiger partial charge is 0.264 e. The van der Waals surface area contributed by atoms with Crippen LogP contribution < -0.4 is 4.31 Å². The van der Waals surface area contributed by atoms with E-state index in [9.17, 15) is 12.8 Å². The largest absolute Gasteiger partial charge is 0.332 e. The second-order valence-electron chi connectivity index (χ2n) is 6.44. The minimum atomic E-state index is -3.89. The van der Waals surface area contributed by atoms with Gasteiger partial charge >= 0.3 is 0 Å². The van der Waals surface area contributed by atoms with Crippen molar-refractivity contribution in [1.82, 2.24) is 9.55 Å². The number of aromatic nitrogens is 2. The Labute approximate surface area is 151 Å². The lowest BCUT2D eigenvalue weighted by Crippen LogP contribution is -2.40. The molecule has 3 aromatic rings. The Hall–Kier alpha value is -2.67. The lowest BCUT2D eigenvalue weighted by atomic mass is 10.00. The second-order valence-corrected chi connectivity index (χ2v) is 8.27. The van der Waals surface area contributed by atoms with Crippen LogP contribution in [0.1, 0.15) is 17.2 Å². The molecular formula is C19H18FN3O2S. The first-order valence-corrected chi connectivity index (χ1v) is 9.75. The molecular weight excluding hydrogens is 353 g/mol. The molecule has 0 spiro atoms. The standard InChI is InChI=1S/C19H18FN3O2S/c1-14-6-7-16(20)11-19(14)26(24,25)23-12-17(22-9-8-21-13-22)10-15-4-2-3-5-18(15)23/h2-9,11,13,17H,10,12H2,1H3/t17-/m0/s1. The average molecular weight is 371 g/mol. The van der Waals surface area contributed by atoms with Gasteiger partial charge < -0.3 is 4.57 Å². The molecule has 0 saturated carbocycles. The summed E-state index contributed by atoms with van der Waals surface area (Å²) in [5.41, 5.74) is 2.11. The van der Waals surface area contributed by atoms with Crippen molar-refractivity contribution < 1.29 is 12.8 Å². The Bertz CT molecular complexity index is 1050. The van der Waals surface area contributed by atoms with Crippen molar-refractivity contribution in [3.63, 3.8) is 0 Å². The van der Waals surface area contributed by atoms with E-state index in [0.717, 1.165) is 11.6 Å². The number of halogens is 1. The van der Waals surface area contributed by atoms with Crippen LogP contribution in [0.25, 0.3) is 0 Å². The van der Waals surface area contributed by atoms with E-state index in [4.69, 9.17) is 0 Å². The van der Waals surface area contributed by atoms with Gasteiger partial charge in [-0.2, -0.15) is 0 Å². The number of rotatable bonds is 3. The summed E-state index contributed by atoms with van der Waals surface area (Å²) in [6, 6.07) is 11.2. The number of imidazole rings is 1. The minimum Gasteiger partial charge on any atom is -0.332 e. The zero-order valence-electron chi connectivity index (χ0n) is 14.2. The maximum absolute atomic E-state index is 13.7. The number of hydrogen-bond donors (Lipinski definition) is 0. The van der Waals surface area contributed by atoms with Crippen LogP contribution in [0.4, 0.5) is 10.1 Å². The van der Waals surface area contributed by atoms with Crippen molar-refractivity contribution in [2.75, 3.05) is 10.8 Å². The highest BCUT2D eigenvalue weighted by Gasteiger charge is 2.34. The quantitative estimate of drug-likeness (QED) is 0.710. The highest BCUT2D eigenvalue weighted by atomic mass is 32.2. The summed E-state index contributed by atoms with van der Waals surface area (Å²) in [7, 11) is -3.89. The molecule has 0 unspecified atom stereocenters. The van der Waals surface area contributed by atoms with Gasteiger partial charge in [0.05, 0.1) is 29.5 Å². The summed E-state index contributed by atoms with van der Waals surface area (Å²) in [5, 5.41) is 0. The maximum Gasteiger partial charge on any atom is 0.264 e. The molecule has 0 N–H and O–H groups in total. The van der Waals surface area contributed by atoms with Gasteiger partial charge in [-0.25, -0.2) is 17.8 Å². The topological polar surface area (TPSA) is 55.2 Å². The number of para-hydroxylation sites is 1. The third kappa shape index (κ3) is 2.78. The van der Waals surface area contributed by atoms with Crippen LogP contribution in [0.2, 0.25) is 0 Å². The van der Waals surface area contributed by atoms with Gasteiger partial charge in [-0.05, 0) is 42.7 Å². The third-order valence-corrected chi connectivity index (χ3v) is 6.68. The van der Waals surface area contributed by atoms with E-state index >= 15 is 0 Å². The lowest BCUT2D eigenvalue weighted by molar-refractivity contribution is 0.487. The fourth-order valence-electron chi connectivity index (χ4n) is 3.42. The number of sulfonamides is 1. The summed E-state index contributed by atoms with van der Waals surface area (Å²) in [6.07, 6.45) is 5.91. The van der Waals surface area contributed by atoms with Gasteiger partial charge in [0, 0.05) is 12.4 Å². The van der Waals surface area contributed by atoms with Gasteiger partial charge in [-0.15, -0.1) is 0 Å². The Morgan fingerprint density at radius 2 is 2.00 bits per heavy atom. The van der Waals surface area contributed by atoms with Crippen molar-refractivity contribution in [2.45, 2.75) is 24.3 Å². The van der Waals surface area contributed by atoms with E-state index < -0.39 is 15.8 Å². The molecule has 0 saturated heterocycles. The molecule has 0 aliphatic carbocycles. The molecule has 5 nitrogen and oxygen atoms in total. The van der Waals surface area contributed by atoms with Gasteiger partial charge in [0.15, 0.2) is 0 Å². The number of hydrogen-bond acceptors (Lipinski definition) is 3. The first-order chi connectivity index (χ1) is 12.5. The van der Waals surface area contributed by atoms with Crippen molar-refractivity contribution in [3.05, 3.63) is 78.1 Å². The summed E-state index contributed by atoms with van der Waals surface area (Å²) in [6.45, 7) is 1.95. The van der Waals surface area contributed by atoms with E-state index in [1.165, 1.54) is 16.4 Å². The molecule has 1 aromatic heterocycles. The molecule has 0 bridgehead atoms. The summed E-state index contributed by atoms with van der Waals surface area (Å²) >= 11 is 0. The molecule has 0 amide bonds. The highest BCUT2D eigenvalue weighted by molar-refractivity contribution is 7.92. The third-order valence-electron chi connectivity index (χ3n) is 4.76. The summed E-state index contributed by atoms with van der Waals surface area (Å²) in [5.74, 6) is -0.564. The fourth-order valence-corrected chi connectivity index (χ4v) is 5.20.